The molecule has 1 aromatic carbocycles. The lowest BCUT2D eigenvalue weighted by atomic mass is 10.1. The normalized spacial score (nSPS) is 18.3. The fraction of sp³-hybridized carbons (Fsp3) is 0.467. The van der Waals surface area contributed by atoms with Crippen molar-refractivity contribution >= 4 is 12.1 Å². The van der Waals surface area contributed by atoms with Crippen LogP contribution < -0.4 is 0 Å². The summed E-state index contributed by atoms with van der Waals surface area (Å²) in [5, 5.41) is 8.66. The standard InChI is InChI=1S/C15H19NO5/c17-14(18)11-20-13-8-4-5-9-16(13)15(19)21-10-12-6-2-1-3-7-12/h1-3,6-7,13H,4-5,8-11H2,(H,17,18). The first-order chi connectivity index (χ1) is 10.2. The van der Waals surface area contributed by atoms with Gasteiger partial charge >= 0.3 is 12.1 Å². The van der Waals surface area contributed by atoms with Crippen LogP contribution in [0, 0.1) is 0 Å². The maximum absolute atomic E-state index is 12.1. The number of rotatable bonds is 5. The summed E-state index contributed by atoms with van der Waals surface area (Å²) in [5.41, 5.74) is 0.908. The number of carboxylic acid groups (broad SMARTS) is 1. The molecular weight excluding hydrogens is 274 g/mol. The van der Waals surface area contributed by atoms with Gasteiger partial charge in [0.2, 0.25) is 0 Å². The van der Waals surface area contributed by atoms with Gasteiger partial charge in [-0.15, -0.1) is 0 Å². The molecule has 6 nitrogen and oxygen atoms in total. The Balaban J connectivity index is 1.87. The Hall–Kier alpha value is -2.08. The molecule has 0 bridgehead atoms. The second kappa shape index (κ2) is 7.64. The van der Waals surface area contributed by atoms with E-state index in [1.54, 1.807) is 0 Å². The lowest BCUT2D eigenvalue weighted by Gasteiger charge is -2.34. The van der Waals surface area contributed by atoms with Crippen LogP contribution in [-0.2, 0) is 20.9 Å². The largest absolute Gasteiger partial charge is 0.480 e. The minimum atomic E-state index is -1.04. The van der Waals surface area contributed by atoms with Crippen LogP contribution in [0.15, 0.2) is 30.3 Å². The Labute approximate surface area is 123 Å². The summed E-state index contributed by atoms with van der Waals surface area (Å²) >= 11 is 0. The lowest BCUT2D eigenvalue weighted by Crippen LogP contribution is -2.46. The van der Waals surface area contributed by atoms with Crippen molar-refractivity contribution in [1.29, 1.82) is 0 Å². The molecule has 1 aromatic rings. The van der Waals surface area contributed by atoms with Gasteiger partial charge in [0.25, 0.3) is 0 Å². The van der Waals surface area contributed by atoms with Crippen molar-refractivity contribution in [3.8, 4) is 0 Å². The van der Waals surface area contributed by atoms with Crippen molar-refractivity contribution < 1.29 is 24.2 Å². The van der Waals surface area contributed by atoms with E-state index in [0.717, 1.165) is 18.4 Å². The average Bonchev–Trinajstić information content (AvgIpc) is 2.52. The number of carboxylic acids is 1. The molecule has 1 amide bonds. The van der Waals surface area contributed by atoms with E-state index >= 15 is 0 Å². The van der Waals surface area contributed by atoms with E-state index < -0.39 is 24.9 Å². The van der Waals surface area contributed by atoms with E-state index in [2.05, 4.69) is 0 Å². The molecule has 0 spiro atoms. The van der Waals surface area contributed by atoms with Crippen molar-refractivity contribution in [2.45, 2.75) is 32.1 Å². The number of carbonyl (C=O) groups is 2. The van der Waals surface area contributed by atoms with Crippen LogP contribution in [0.3, 0.4) is 0 Å². The van der Waals surface area contributed by atoms with E-state index in [-0.39, 0.29) is 6.61 Å². The number of piperidine rings is 1. The van der Waals surface area contributed by atoms with Gasteiger partial charge in [-0.1, -0.05) is 30.3 Å². The lowest BCUT2D eigenvalue weighted by molar-refractivity contribution is -0.150. The molecular formula is C15H19NO5. The predicted molar refractivity (Wildman–Crippen MR) is 74.6 cm³/mol. The first-order valence-electron chi connectivity index (χ1n) is 6.97. The highest BCUT2D eigenvalue weighted by atomic mass is 16.6. The summed E-state index contributed by atoms with van der Waals surface area (Å²) < 4.78 is 10.5. The van der Waals surface area contributed by atoms with E-state index in [4.69, 9.17) is 14.6 Å². The maximum atomic E-state index is 12.1. The zero-order chi connectivity index (χ0) is 15.1. The van der Waals surface area contributed by atoms with Crippen molar-refractivity contribution in [2.75, 3.05) is 13.2 Å². The van der Waals surface area contributed by atoms with Crippen LogP contribution >= 0.6 is 0 Å². The number of hydrogen-bond donors (Lipinski definition) is 1. The number of likely N-dealkylation sites (tertiary alicyclic amines) is 1. The topological polar surface area (TPSA) is 76.1 Å². The number of amides is 1. The second-order valence-corrected chi connectivity index (χ2v) is 4.89. The van der Waals surface area contributed by atoms with Gasteiger partial charge in [-0.2, -0.15) is 0 Å². The maximum Gasteiger partial charge on any atom is 0.412 e. The van der Waals surface area contributed by atoms with Gasteiger partial charge < -0.3 is 14.6 Å². The van der Waals surface area contributed by atoms with Crippen molar-refractivity contribution in [2.24, 2.45) is 0 Å². The number of ether oxygens (including phenoxy) is 2. The Morgan fingerprint density at radius 2 is 2.00 bits per heavy atom. The molecule has 1 N–H and O–H groups in total. The molecule has 21 heavy (non-hydrogen) atoms. The molecule has 1 aliphatic heterocycles. The fourth-order valence-electron chi connectivity index (χ4n) is 2.25. The summed E-state index contributed by atoms with van der Waals surface area (Å²) in [4.78, 5) is 24.1. The highest BCUT2D eigenvalue weighted by Crippen LogP contribution is 2.19. The van der Waals surface area contributed by atoms with Gasteiger partial charge in [-0.3, -0.25) is 4.90 Å². The number of aliphatic carboxylic acids is 1. The molecule has 6 heteroatoms. The monoisotopic (exact) mass is 293 g/mol. The quantitative estimate of drug-likeness (QED) is 0.901. The second-order valence-electron chi connectivity index (χ2n) is 4.89. The van der Waals surface area contributed by atoms with E-state index in [1.807, 2.05) is 30.3 Å². The zero-order valence-corrected chi connectivity index (χ0v) is 11.7. The van der Waals surface area contributed by atoms with Gasteiger partial charge in [0.15, 0.2) is 0 Å². The first-order valence-corrected chi connectivity index (χ1v) is 6.97. The van der Waals surface area contributed by atoms with Gasteiger partial charge in [0.05, 0.1) is 0 Å². The first kappa shape index (κ1) is 15.3. The van der Waals surface area contributed by atoms with Gasteiger partial charge in [0, 0.05) is 6.54 Å². The van der Waals surface area contributed by atoms with E-state index in [0.29, 0.717) is 13.0 Å². The molecule has 1 fully saturated rings. The molecule has 1 unspecified atom stereocenters. The fourth-order valence-corrected chi connectivity index (χ4v) is 2.25. The summed E-state index contributed by atoms with van der Waals surface area (Å²) in [7, 11) is 0. The molecule has 1 saturated heterocycles. The van der Waals surface area contributed by atoms with E-state index in [1.165, 1.54) is 4.90 Å². The van der Waals surface area contributed by atoms with Crippen molar-refractivity contribution in [3.05, 3.63) is 35.9 Å². The summed E-state index contributed by atoms with van der Waals surface area (Å²) in [6.45, 7) is 0.312. The van der Waals surface area contributed by atoms with E-state index in [9.17, 15) is 9.59 Å². The minimum absolute atomic E-state index is 0.196. The van der Waals surface area contributed by atoms with Crippen LogP contribution in [-0.4, -0.2) is 41.4 Å². The highest BCUT2D eigenvalue weighted by Gasteiger charge is 2.29. The molecule has 114 valence electrons. The molecule has 1 atom stereocenters. The summed E-state index contributed by atoms with van der Waals surface area (Å²) in [6, 6.07) is 9.40. The third kappa shape index (κ3) is 4.75. The molecule has 0 aliphatic carbocycles. The predicted octanol–water partition coefficient (Wildman–Crippen LogP) is 2.24. The molecule has 0 aromatic heterocycles. The zero-order valence-electron chi connectivity index (χ0n) is 11.7. The van der Waals surface area contributed by atoms with Crippen LogP contribution in [0.5, 0.6) is 0 Å². The molecule has 1 aliphatic rings. The molecule has 0 saturated carbocycles. The van der Waals surface area contributed by atoms with Gasteiger partial charge in [0.1, 0.15) is 19.4 Å². The van der Waals surface area contributed by atoms with Crippen LogP contribution in [0.4, 0.5) is 4.79 Å². The van der Waals surface area contributed by atoms with Gasteiger partial charge in [-0.05, 0) is 24.8 Å². The molecule has 0 radical (unpaired) electrons. The summed E-state index contributed by atoms with van der Waals surface area (Å²) in [6.07, 6.45) is 1.43. The highest BCUT2D eigenvalue weighted by molar-refractivity contribution is 5.69. The van der Waals surface area contributed by atoms with Crippen LogP contribution in [0.2, 0.25) is 0 Å². The van der Waals surface area contributed by atoms with Gasteiger partial charge in [-0.25, -0.2) is 9.59 Å². The number of benzene rings is 1. The van der Waals surface area contributed by atoms with Crippen molar-refractivity contribution in [1.82, 2.24) is 4.90 Å². The smallest absolute Gasteiger partial charge is 0.412 e. The number of hydrogen-bond acceptors (Lipinski definition) is 4. The number of carbonyl (C=O) groups excluding carboxylic acids is 1. The minimum Gasteiger partial charge on any atom is -0.480 e. The average molecular weight is 293 g/mol. The van der Waals surface area contributed by atoms with Crippen LogP contribution in [0.1, 0.15) is 24.8 Å². The molecule has 1 heterocycles. The third-order valence-corrected chi connectivity index (χ3v) is 3.29. The summed E-state index contributed by atoms with van der Waals surface area (Å²) in [5.74, 6) is -1.04. The van der Waals surface area contributed by atoms with Crippen LogP contribution in [0.25, 0.3) is 0 Å². The van der Waals surface area contributed by atoms with Crippen molar-refractivity contribution in [3.63, 3.8) is 0 Å². The Bertz CT molecular complexity index is 476. The molecule has 2 rings (SSSR count). The Morgan fingerprint density at radius 3 is 2.71 bits per heavy atom. The Kier molecular flexibility index (Phi) is 5.57. The third-order valence-electron chi connectivity index (χ3n) is 3.29. The number of nitrogens with zero attached hydrogens (tertiary/aromatic N) is 1. The Morgan fingerprint density at radius 1 is 1.24 bits per heavy atom. The SMILES string of the molecule is O=C(O)COC1CCCCN1C(=O)OCc1ccccc1.